The van der Waals surface area contributed by atoms with Crippen LogP contribution in [0.15, 0.2) is 54.7 Å². The fourth-order valence-corrected chi connectivity index (χ4v) is 4.08. The lowest BCUT2D eigenvalue weighted by Crippen LogP contribution is -2.49. The average molecular weight is 351 g/mol. The quantitative estimate of drug-likeness (QED) is 0.920. The lowest BCUT2D eigenvalue weighted by Gasteiger charge is -2.38. The van der Waals surface area contributed by atoms with E-state index in [0.717, 1.165) is 50.2 Å². The Hall–Kier alpha value is -2.24. The molecule has 4 rings (SSSR count). The second-order valence-electron chi connectivity index (χ2n) is 7.34. The summed E-state index contributed by atoms with van der Waals surface area (Å²) in [4.78, 5) is 19.3. The molecular formula is C21H25N3O2. The highest BCUT2D eigenvalue weighted by molar-refractivity contribution is 5.94. The van der Waals surface area contributed by atoms with Gasteiger partial charge < -0.3 is 10.1 Å². The SMILES string of the molecule is O=C(N[C@H]1CCO[C@]2(CCN(Cc3ccccn3)C2)C1)c1ccccc1. The number of nitrogens with zero attached hydrogens (tertiary/aromatic N) is 2. The lowest BCUT2D eigenvalue weighted by atomic mass is 9.89. The van der Waals surface area contributed by atoms with E-state index < -0.39 is 0 Å². The van der Waals surface area contributed by atoms with E-state index in [1.807, 2.05) is 48.7 Å². The third-order valence-corrected chi connectivity index (χ3v) is 5.37. The summed E-state index contributed by atoms with van der Waals surface area (Å²) >= 11 is 0. The average Bonchev–Trinajstić information content (AvgIpc) is 3.05. The summed E-state index contributed by atoms with van der Waals surface area (Å²) in [6.45, 7) is 3.47. The molecule has 5 nitrogen and oxygen atoms in total. The molecular weight excluding hydrogens is 326 g/mol. The van der Waals surface area contributed by atoms with Gasteiger partial charge in [-0.05, 0) is 43.5 Å². The summed E-state index contributed by atoms with van der Waals surface area (Å²) in [5.74, 6) is 0.0102. The van der Waals surface area contributed by atoms with Crippen LogP contribution in [0.2, 0.25) is 0 Å². The Bertz CT molecular complexity index is 737. The van der Waals surface area contributed by atoms with Crippen molar-refractivity contribution in [1.29, 1.82) is 0 Å². The molecule has 1 N–H and O–H groups in total. The van der Waals surface area contributed by atoms with Crippen molar-refractivity contribution in [3.05, 3.63) is 66.0 Å². The first-order valence-corrected chi connectivity index (χ1v) is 9.35. The van der Waals surface area contributed by atoms with Gasteiger partial charge >= 0.3 is 0 Å². The molecule has 5 heteroatoms. The van der Waals surface area contributed by atoms with Crippen molar-refractivity contribution in [1.82, 2.24) is 15.2 Å². The van der Waals surface area contributed by atoms with Crippen molar-refractivity contribution >= 4 is 5.91 Å². The van der Waals surface area contributed by atoms with E-state index in [1.165, 1.54) is 0 Å². The van der Waals surface area contributed by atoms with Gasteiger partial charge in [-0.2, -0.15) is 0 Å². The van der Waals surface area contributed by atoms with Crippen LogP contribution in [0, 0.1) is 0 Å². The molecule has 1 spiro atoms. The van der Waals surface area contributed by atoms with Gasteiger partial charge in [-0.15, -0.1) is 0 Å². The number of benzene rings is 1. The summed E-state index contributed by atoms with van der Waals surface area (Å²) in [7, 11) is 0. The first-order chi connectivity index (χ1) is 12.7. The zero-order valence-corrected chi connectivity index (χ0v) is 14.9. The zero-order valence-electron chi connectivity index (χ0n) is 14.9. The number of ether oxygens (including phenoxy) is 1. The third-order valence-electron chi connectivity index (χ3n) is 5.37. The van der Waals surface area contributed by atoms with Crippen LogP contribution in [0.25, 0.3) is 0 Å². The molecule has 2 aliphatic heterocycles. The fourth-order valence-electron chi connectivity index (χ4n) is 4.08. The van der Waals surface area contributed by atoms with E-state index in [9.17, 15) is 4.79 Å². The summed E-state index contributed by atoms with van der Waals surface area (Å²) in [6, 6.07) is 15.6. The van der Waals surface area contributed by atoms with Gasteiger partial charge in [0, 0.05) is 44.0 Å². The van der Waals surface area contributed by atoms with Gasteiger partial charge in [0.2, 0.25) is 0 Å². The lowest BCUT2D eigenvalue weighted by molar-refractivity contribution is -0.0793. The van der Waals surface area contributed by atoms with Gasteiger partial charge in [-0.25, -0.2) is 0 Å². The molecule has 0 radical (unpaired) electrons. The molecule has 1 aromatic heterocycles. The molecule has 2 fully saturated rings. The zero-order chi connectivity index (χ0) is 17.8. The smallest absolute Gasteiger partial charge is 0.251 e. The maximum absolute atomic E-state index is 12.5. The molecule has 136 valence electrons. The summed E-state index contributed by atoms with van der Waals surface area (Å²) in [5, 5.41) is 3.20. The largest absolute Gasteiger partial charge is 0.373 e. The molecule has 0 saturated carbocycles. The highest BCUT2D eigenvalue weighted by Gasteiger charge is 2.43. The topological polar surface area (TPSA) is 54.5 Å². The van der Waals surface area contributed by atoms with Crippen LogP contribution in [0.4, 0.5) is 0 Å². The van der Waals surface area contributed by atoms with Crippen molar-refractivity contribution in [3.8, 4) is 0 Å². The van der Waals surface area contributed by atoms with E-state index in [0.29, 0.717) is 6.61 Å². The van der Waals surface area contributed by atoms with Crippen LogP contribution in [-0.4, -0.2) is 47.1 Å². The predicted molar refractivity (Wildman–Crippen MR) is 99.7 cm³/mol. The van der Waals surface area contributed by atoms with Gasteiger partial charge in [-0.1, -0.05) is 24.3 Å². The number of amides is 1. The van der Waals surface area contributed by atoms with Crippen molar-refractivity contribution in [2.45, 2.75) is 37.5 Å². The minimum absolute atomic E-state index is 0.0102. The van der Waals surface area contributed by atoms with Crippen molar-refractivity contribution < 1.29 is 9.53 Å². The molecule has 0 bridgehead atoms. The molecule has 2 atom stereocenters. The van der Waals surface area contributed by atoms with E-state index >= 15 is 0 Å². The number of nitrogens with one attached hydrogen (secondary N) is 1. The molecule has 2 aromatic rings. The van der Waals surface area contributed by atoms with Crippen LogP contribution >= 0.6 is 0 Å². The third kappa shape index (κ3) is 3.94. The van der Waals surface area contributed by atoms with Gasteiger partial charge in [0.1, 0.15) is 0 Å². The molecule has 2 saturated heterocycles. The number of carbonyl (C=O) groups excluding carboxylic acids is 1. The molecule has 26 heavy (non-hydrogen) atoms. The van der Waals surface area contributed by atoms with E-state index in [2.05, 4.69) is 21.3 Å². The maximum atomic E-state index is 12.5. The van der Waals surface area contributed by atoms with E-state index in [4.69, 9.17) is 4.74 Å². The molecule has 0 aliphatic carbocycles. The maximum Gasteiger partial charge on any atom is 0.251 e. The van der Waals surface area contributed by atoms with Gasteiger partial charge in [-0.3, -0.25) is 14.7 Å². The van der Waals surface area contributed by atoms with Gasteiger partial charge in [0.25, 0.3) is 5.91 Å². The van der Waals surface area contributed by atoms with E-state index in [-0.39, 0.29) is 17.6 Å². The minimum atomic E-state index is -0.137. The minimum Gasteiger partial charge on any atom is -0.373 e. The summed E-state index contributed by atoms with van der Waals surface area (Å²) < 4.78 is 6.20. The molecule has 2 aliphatic rings. The Labute approximate surface area is 154 Å². The van der Waals surface area contributed by atoms with Crippen LogP contribution in [0.3, 0.4) is 0 Å². The van der Waals surface area contributed by atoms with E-state index in [1.54, 1.807) is 0 Å². The molecule has 1 amide bonds. The Balaban J connectivity index is 1.35. The predicted octanol–water partition coefficient (Wildman–Crippen LogP) is 2.64. The van der Waals surface area contributed by atoms with Crippen LogP contribution < -0.4 is 5.32 Å². The first-order valence-electron chi connectivity index (χ1n) is 9.35. The van der Waals surface area contributed by atoms with Crippen molar-refractivity contribution in [2.75, 3.05) is 19.7 Å². The number of pyridine rings is 1. The van der Waals surface area contributed by atoms with Crippen LogP contribution in [0.1, 0.15) is 35.3 Å². The number of likely N-dealkylation sites (tertiary alicyclic amines) is 1. The number of hydrogen-bond donors (Lipinski definition) is 1. The number of carbonyl (C=O) groups is 1. The number of aromatic nitrogens is 1. The van der Waals surface area contributed by atoms with Crippen molar-refractivity contribution in [2.24, 2.45) is 0 Å². The summed E-state index contributed by atoms with van der Waals surface area (Å²) in [5.41, 5.74) is 1.67. The van der Waals surface area contributed by atoms with Crippen LogP contribution in [0.5, 0.6) is 0 Å². The molecule has 3 heterocycles. The Morgan fingerprint density at radius 2 is 2.08 bits per heavy atom. The Morgan fingerprint density at radius 3 is 2.88 bits per heavy atom. The summed E-state index contributed by atoms with van der Waals surface area (Å²) in [6.07, 6.45) is 4.61. The Morgan fingerprint density at radius 1 is 1.23 bits per heavy atom. The standard InChI is InChI=1S/C21H25N3O2/c25-20(17-6-2-1-3-7-17)23-18-9-13-26-21(14-18)10-12-24(16-21)15-19-8-4-5-11-22-19/h1-8,11,18H,9-10,12-16H2,(H,23,25)/t18-,21+/m0/s1. The normalized spacial score (nSPS) is 26.1. The molecule has 1 aromatic carbocycles. The van der Waals surface area contributed by atoms with Gasteiger partial charge in [0.15, 0.2) is 0 Å². The van der Waals surface area contributed by atoms with Crippen LogP contribution in [-0.2, 0) is 11.3 Å². The van der Waals surface area contributed by atoms with Crippen molar-refractivity contribution in [3.63, 3.8) is 0 Å². The van der Waals surface area contributed by atoms with Gasteiger partial charge in [0.05, 0.1) is 11.3 Å². The monoisotopic (exact) mass is 351 g/mol. The number of hydrogen-bond acceptors (Lipinski definition) is 4. The second-order valence-corrected chi connectivity index (χ2v) is 7.34. The second kappa shape index (κ2) is 7.56. The fraction of sp³-hybridized carbons (Fsp3) is 0.429. The number of rotatable bonds is 4. The molecule has 0 unspecified atom stereocenters. The highest BCUT2D eigenvalue weighted by atomic mass is 16.5. The highest BCUT2D eigenvalue weighted by Crippen LogP contribution is 2.34. The first kappa shape index (κ1) is 17.2. The Kier molecular flexibility index (Phi) is 5.00.